The molecule has 118 valence electrons. The van der Waals surface area contributed by atoms with E-state index < -0.39 is 0 Å². The molecule has 3 N–H and O–H groups in total. The molecular formula is C14H25N5OS. The summed E-state index contributed by atoms with van der Waals surface area (Å²) in [6.07, 6.45) is 2.95. The van der Waals surface area contributed by atoms with Crippen molar-refractivity contribution in [2.75, 3.05) is 23.4 Å². The molecule has 0 aliphatic carbocycles. The molecule has 0 saturated heterocycles. The summed E-state index contributed by atoms with van der Waals surface area (Å²) >= 11 is 1.47. The van der Waals surface area contributed by atoms with Crippen molar-refractivity contribution in [2.45, 2.75) is 51.4 Å². The maximum absolute atomic E-state index is 11.9. The van der Waals surface area contributed by atoms with Crippen molar-refractivity contribution in [1.29, 1.82) is 0 Å². The van der Waals surface area contributed by atoms with Gasteiger partial charge in [0.2, 0.25) is 5.91 Å². The van der Waals surface area contributed by atoms with E-state index in [-0.39, 0.29) is 18.0 Å². The summed E-state index contributed by atoms with van der Waals surface area (Å²) < 4.78 is 0. The van der Waals surface area contributed by atoms with Gasteiger partial charge in [0, 0.05) is 18.7 Å². The van der Waals surface area contributed by atoms with Gasteiger partial charge in [0.1, 0.15) is 17.7 Å². The molecule has 1 heterocycles. The summed E-state index contributed by atoms with van der Waals surface area (Å²) in [6, 6.07) is 1.60. The van der Waals surface area contributed by atoms with Crippen molar-refractivity contribution >= 4 is 29.3 Å². The van der Waals surface area contributed by atoms with Crippen molar-refractivity contribution in [3.63, 3.8) is 0 Å². The van der Waals surface area contributed by atoms with Crippen LogP contribution in [0.2, 0.25) is 0 Å². The highest BCUT2D eigenvalue weighted by atomic mass is 32.2. The Morgan fingerprint density at radius 1 is 1.29 bits per heavy atom. The van der Waals surface area contributed by atoms with Crippen molar-refractivity contribution in [3.05, 3.63) is 6.07 Å². The minimum absolute atomic E-state index is 0.0441. The van der Waals surface area contributed by atoms with E-state index in [4.69, 9.17) is 0 Å². The van der Waals surface area contributed by atoms with Gasteiger partial charge in [-0.25, -0.2) is 9.97 Å². The molecule has 1 aromatic rings. The highest BCUT2D eigenvalue weighted by Gasteiger charge is 2.15. The zero-order chi connectivity index (χ0) is 15.8. The largest absolute Gasteiger partial charge is 0.370 e. The first-order chi connectivity index (χ1) is 9.96. The molecule has 0 fully saturated rings. The summed E-state index contributed by atoms with van der Waals surface area (Å²) in [4.78, 5) is 20.7. The molecule has 21 heavy (non-hydrogen) atoms. The predicted molar refractivity (Wildman–Crippen MR) is 89.0 cm³/mol. The Balaban J connectivity index is 2.78. The third kappa shape index (κ3) is 6.20. The summed E-state index contributed by atoms with van der Waals surface area (Å²) in [6.45, 7) is 8.65. The molecule has 1 unspecified atom stereocenters. The van der Waals surface area contributed by atoms with Crippen LogP contribution in [0, 0.1) is 0 Å². The summed E-state index contributed by atoms with van der Waals surface area (Å²) in [7, 11) is 0. The van der Waals surface area contributed by atoms with Crippen LogP contribution in [0.15, 0.2) is 11.2 Å². The van der Waals surface area contributed by atoms with E-state index in [1.807, 2.05) is 33.1 Å². The lowest BCUT2D eigenvalue weighted by Crippen LogP contribution is -2.41. The number of rotatable bonds is 8. The number of hydrogen-bond donors (Lipinski definition) is 3. The fourth-order valence-electron chi connectivity index (χ4n) is 1.63. The SMILES string of the molecule is CCCNc1cc(NC(C)C(=O)NC(C)C)nc(SC)n1. The van der Waals surface area contributed by atoms with Crippen molar-refractivity contribution in [3.8, 4) is 0 Å². The number of nitrogens with zero attached hydrogens (tertiary/aromatic N) is 2. The van der Waals surface area contributed by atoms with Crippen molar-refractivity contribution in [2.24, 2.45) is 0 Å². The van der Waals surface area contributed by atoms with Crippen LogP contribution in [-0.2, 0) is 4.79 Å². The van der Waals surface area contributed by atoms with Crippen LogP contribution in [0.5, 0.6) is 0 Å². The summed E-state index contributed by atoms with van der Waals surface area (Å²) in [5, 5.41) is 9.91. The topological polar surface area (TPSA) is 78.9 Å². The molecule has 7 heteroatoms. The van der Waals surface area contributed by atoms with Crippen LogP contribution < -0.4 is 16.0 Å². The molecule has 0 spiro atoms. The molecule has 0 aliphatic heterocycles. The number of hydrogen-bond acceptors (Lipinski definition) is 6. The Labute approximate surface area is 130 Å². The number of nitrogens with one attached hydrogen (secondary N) is 3. The van der Waals surface area contributed by atoms with Gasteiger partial charge in [0.15, 0.2) is 5.16 Å². The lowest BCUT2D eigenvalue weighted by atomic mass is 10.3. The summed E-state index contributed by atoms with van der Waals surface area (Å²) in [5.74, 6) is 1.38. The Morgan fingerprint density at radius 2 is 1.95 bits per heavy atom. The van der Waals surface area contributed by atoms with Gasteiger partial charge < -0.3 is 16.0 Å². The van der Waals surface area contributed by atoms with Gasteiger partial charge in [-0.1, -0.05) is 18.7 Å². The first-order valence-corrected chi connectivity index (χ1v) is 8.42. The molecule has 0 radical (unpaired) electrons. The normalized spacial score (nSPS) is 12.1. The van der Waals surface area contributed by atoms with Gasteiger partial charge in [0.25, 0.3) is 0 Å². The lowest BCUT2D eigenvalue weighted by molar-refractivity contribution is -0.122. The van der Waals surface area contributed by atoms with Crippen LogP contribution in [0.25, 0.3) is 0 Å². The molecule has 6 nitrogen and oxygen atoms in total. The highest BCUT2D eigenvalue weighted by molar-refractivity contribution is 7.98. The van der Waals surface area contributed by atoms with Crippen LogP contribution in [0.4, 0.5) is 11.6 Å². The first-order valence-electron chi connectivity index (χ1n) is 7.20. The lowest BCUT2D eigenvalue weighted by Gasteiger charge is -2.17. The number of amides is 1. The molecule has 0 saturated carbocycles. The second-order valence-electron chi connectivity index (χ2n) is 5.08. The molecule has 1 amide bonds. The van der Waals surface area contributed by atoms with Gasteiger partial charge in [0.05, 0.1) is 0 Å². The second kappa shape index (κ2) is 8.71. The van der Waals surface area contributed by atoms with Crippen LogP contribution in [0.3, 0.4) is 0 Å². The highest BCUT2D eigenvalue weighted by Crippen LogP contribution is 2.18. The van der Waals surface area contributed by atoms with E-state index >= 15 is 0 Å². The number of carbonyl (C=O) groups is 1. The van der Waals surface area contributed by atoms with Crippen molar-refractivity contribution < 1.29 is 4.79 Å². The Kier molecular flexibility index (Phi) is 7.28. The third-order valence-corrected chi connectivity index (χ3v) is 3.18. The molecule has 0 bridgehead atoms. The number of aromatic nitrogens is 2. The first kappa shape index (κ1) is 17.6. The number of thioether (sulfide) groups is 1. The Hall–Kier alpha value is -1.50. The average Bonchev–Trinajstić information content (AvgIpc) is 2.44. The fourth-order valence-corrected chi connectivity index (χ4v) is 2.01. The van der Waals surface area contributed by atoms with Gasteiger partial charge in [-0.2, -0.15) is 0 Å². The van der Waals surface area contributed by atoms with E-state index in [1.54, 1.807) is 0 Å². The van der Waals surface area contributed by atoms with Crippen molar-refractivity contribution in [1.82, 2.24) is 15.3 Å². The van der Waals surface area contributed by atoms with Gasteiger partial charge in [-0.05, 0) is 33.4 Å². The summed E-state index contributed by atoms with van der Waals surface area (Å²) in [5.41, 5.74) is 0. The third-order valence-electron chi connectivity index (χ3n) is 2.63. The molecule has 1 atom stereocenters. The standard InChI is InChI=1S/C14H25N5OS/c1-6-7-15-11-8-12(19-14(18-11)21-5)17-10(4)13(20)16-9(2)3/h8-10H,6-7H2,1-5H3,(H,16,20)(H2,15,17,18,19). The molecule has 0 aromatic carbocycles. The maximum Gasteiger partial charge on any atom is 0.242 e. The monoisotopic (exact) mass is 311 g/mol. The zero-order valence-electron chi connectivity index (χ0n) is 13.4. The average molecular weight is 311 g/mol. The minimum atomic E-state index is -0.351. The molecule has 1 rings (SSSR count). The van der Waals surface area contributed by atoms with Crippen LogP contribution in [0.1, 0.15) is 34.1 Å². The molecule has 0 aliphatic rings. The van der Waals surface area contributed by atoms with E-state index in [2.05, 4.69) is 32.8 Å². The predicted octanol–water partition coefficient (Wildman–Crippen LogP) is 2.35. The quantitative estimate of drug-likeness (QED) is 0.505. The Morgan fingerprint density at radius 3 is 2.52 bits per heavy atom. The van der Waals surface area contributed by atoms with E-state index in [0.29, 0.717) is 11.0 Å². The molecular weight excluding hydrogens is 286 g/mol. The van der Waals surface area contributed by atoms with Gasteiger partial charge in [-0.3, -0.25) is 4.79 Å². The van der Waals surface area contributed by atoms with Gasteiger partial charge >= 0.3 is 0 Å². The fraction of sp³-hybridized carbons (Fsp3) is 0.643. The Bertz CT molecular complexity index is 467. The minimum Gasteiger partial charge on any atom is -0.370 e. The number of carbonyl (C=O) groups excluding carboxylic acids is 1. The molecule has 1 aromatic heterocycles. The van der Waals surface area contributed by atoms with E-state index in [0.717, 1.165) is 18.8 Å². The van der Waals surface area contributed by atoms with Crippen LogP contribution in [-0.4, -0.2) is 40.8 Å². The van der Waals surface area contributed by atoms with E-state index in [1.165, 1.54) is 11.8 Å². The maximum atomic E-state index is 11.9. The second-order valence-corrected chi connectivity index (χ2v) is 5.85. The number of anilines is 2. The van der Waals surface area contributed by atoms with Crippen LogP contribution >= 0.6 is 11.8 Å². The van der Waals surface area contributed by atoms with E-state index in [9.17, 15) is 4.79 Å². The smallest absolute Gasteiger partial charge is 0.242 e. The van der Waals surface area contributed by atoms with Gasteiger partial charge in [-0.15, -0.1) is 0 Å². The zero-order valence-corrected chi connectivity index (χ0v) is 14.2.